The molecule has 1 aromatic rings. The van der Waals surface area contributed by atoms with Crippen molar-refractivity contribution in [2.75, 3.05) is 0 Å². The van der Waals surface area contributed by atoms with Crippen molar-refractivity contribution in [1.29, 1.82) is 0 Å². The van der Waals surface area contributed by atoms with E-state index in [0.717, 1.165) is 0 Å². The monoisotopic (exact) mass is 293 g/mol. The molecule has 0 saturated carbocycles. The van der Waals surface area contributed by atoms with Crippen molar-refractivity contribution in [2.45, 2.75) is 52.7 Å². The summed E-state index contributed by atoms with van der Waals surface area (Å²) in [6.07, 6.45) is -0.588. The first kappa shape index (κ1) is 15.8. The Balaban J connectivity index is 3.03. The zero-order valence-corrected chi connectivity index (χ0v) is 13.0. The fourth-order valence-corrected chi connectivity index (χ4v) is 4.60. The molecule has 7 heteroatoms. The van der Waals surface area contributed by atoms with Gasteiger partial charge < -0.3 is 14.2 Å². The number of nitrogens with zero attached hydrogens (tertiary/aromatic N) is 1. The minimum atomic E-state index is -3.61. The van der Waals surface area contributed by atoms with Crippen LogP contribution in [0.5, 0.6) is 0 Å². The Hall–Kier alpha value is -0.260. The maximum atomic E-state index is 12.7. The molecule has 1 rings (SSSR count). The minimum absolute atomic E-state index is 0.294. The number of rotatable bonds is 6. The highest BCUT2D eigenvalue weighted by Gasteiger charge is 2.39. The van der Waals surface area contributed by atoms with Crippen molar-refractivity contribution < 1.29 is 18.7 Å². The van der Waals surface area contributed by atoms with Crippen LogP contribution in [0.3, 0.4) is 0 Å². The highest BCUT2D eigenvalue weighted by Crippen LogP contribution is 2.62. The van der Waals surface area contributed by atoms with Gasteiger partial charge in [0.25, 0.3) is 0 Å². The minimum Gasteiger partial charge on any atom is -0.375 e. The molecule has 1 aromatic heterocycles. The molecule has 0 bridgehead atoms. The molecular formula is C11H20NO4PS. The Bertz CT molecular complexity index is 418. The standard InChI is InChI=1S/C11H20NO4PS/c1-7(2)15-17(14,16-8(3)4)11(13)10-9(5)12-6-18-10/h6-8,11,13H,1-5H3. The first-order chi connectivity index (χ1) is 8.26. The van der Waals surface area contributed by atoms with Gasteiger partial charge in [0.1, 0.15) is 0 Å². The number of hydrogen-bond donors (Lipinski definition) is 1. The molecule has 0 saturated heterocycles. The first-order valence-corrected chi connectivity index (χ1v) is 8.30. The second-order valence-electron chi connectivity index (χ2n) is 4.52. The van der Waals surface area contributed by atoms with Gasteiger partial charge in [-0.3, -0.25) is 4.57 Å². The molecule has 1 unspecified atom stereocenters. The van der Waals surface area contributed by atoms with Crippen LogP contribution in [0.25, 0.3) is 0 Å². The van der Waals surface area contributed by atoms with E-state index in [1.165, 1.54) is 11.3 Å². The maximum Gasteiger partial charge on any atom is 0.364 e. The van der Waals surface area contributed by atoms with Crippen molar-refractivity contribution in [3.63, 3.8) is 0 Å². The Morgan fingerprint density at radius 1 is 1.28 bits per heavy atom. The Labute approximate surface area is 112 Å². The second-order valence-corrected chi connectivity index (χ2v) is 7.40. The largest absolute Gasteiger partial charge is 0.375 e. The van der Waals surface area contributed by atoms with E-state index >= 15 is 0 Å². The van der Waals surface area contributed by atoms with Crippen LogP contribution in [0.4, 0.5) is 0 Å². The molecule has 0 spiro atoms. The van der Waals surface area contributed by atoms with Crippen LogP contribution in [-0.2, 0) is 13.6 Å². The van der Waals surface area contributed by atoms with Gasteiger partial charge >= 0.3 is 7.60 Å². The molecule has 104 valence electrons. The summed E-state index contributed by atoms with van der Waals surface area (Å²) in [6.45, 7) is 8.76. The van der Waals surface area contributed by atoms with E-state index in [1.54, 1.807) is 40.1 Å². The van der Waals surface area contributed by atoms with Crippen molar-refractivity contribution >= 4 is 18.9 Å². The predicted octanol–water partition coefficient (Wildman–Crippen LogP) is 3.49. The zero-order chi connectivity index (χ0) is 13.9. The summed E-state index contributed by atoms with van der Waals surface area (Å²) < 4.78 is 23.4. The third-order valence-electron chi connectivity index (χ3n) is 2.03. The lowest BCUT2D eigenvalue weighted by atomic mass is 10.4. The summed E-state index contributed by atoms with van der Waals surface area (Å²) in [5.41, 5.74) is 2.25. The zero-order valence-electron chi connectivity index (χ0n) is 11.3. The molecule has 0 radical (unpaired) electrons. The van der Waals surface area contributed by atoms with E-state index in [0.29, 0.717) is 10.6 Å². The summed E-state index contributed by atoms with van der Waals surface area (Å²) in [7, 11) is -3.61. The van der Waals surface area contributed by atoms with E-state index in [9.17, 15) is 9.67 Å². The van der Waals surface area contributed by atoms with E-state index in [1.807, 2.05) is 0 Å². The lowest BCUT2D eigenvalue weighted by molar-refractivity contribution is 0.102. The lowest BCUT2D eigenvalue weighted by Gasteiger charge is -2.26. The summed E-state index contributed by atoms with van der Waals surface area (Å²) in [5, 5.41) is 10.3. The summed E-state index contributed by atoms with van der Waals surface area (Å²) in [4.78, 5) is 4.56. The molecule has 0 aliphatic rings. The number of aliphatic hydroxyl groups excluding tert-OH is 1. The average molecular weight is 293 g/mol. The molecule has 18 heavy (non-hydrogen) atoms. The lowest BCUT2D eigenvalue weighted by Crippen LogP contribution is -2.13. The van der Waals surface area contributed by atoms with E-state index in [-0.39, 0.29) is 12.2 Å². The number of aryl methyl sites for hydroxylation is 1. The third kappa shape index (κ3) is 3.87. The van der Waals surface area contributed by atoms with E-state index in [2.05, 4.69) is 4.98 Å². The normalized spacial score (nSPS) is 14.4. The molecule has 0 aromatic carbocycles. The van der Waals surface area contributed by atoms with E-state index < -0.39 is 13.4 Å². The van der Waals surface area contributed by atoms with Gasteiger partial charge in [0, 0.05) is 0 Å². The smallest absolute Gasteiger partial charge is 0.364 e. The first-order valence-electron chi connectivity index (χ1n) is 5.81. The van der Waals surface area contributed by atoms with Gasteiger partial charge in [-0.05, 0) is 34.6 Å². The van der Waals surface area contributed by atoms with Gasteiger partial charge in [-0.2, -0.15) is 0 Å². The molecule has 1 heterocycles. The van der Waals surface area contributed by atoms with Gasteiger partial charge in [0.05, 0.1) is 28.3 Å². The van der Waals surface area contributed by atoms with Gasteiger partial charge in [0.15, 0.2) is 5.85 Å². The molecule has 1 N–H and O–H groups in total. The molecule has 0 fully saturated rings. The van der Waals surface area contributed by atoms with Crippen LogP contribution in [0.2, 0.25) is 0 Å². The van der Waals surface area contributed by atoms with Crippen LogP contribution in [0.15, 0.2) is 5.51 Å². The molecule has 5 nitrogen and oxygen atoms in total. The van der Waals surface area contributed by atoms with Crippen LogP contribution in [-0.4, -0.2) is 22.3 Å². The van der Waals surface area contributed by atoms with Gasteiger partial charge in [-0.1, -0.05) is 0 Å². The van der Waals surface area contributed by atoms with Crippen LogP contribution >= 0.6 is 18.9 Å². The van der Waals surface area contributed by atoms with Crippen LogP contribution in [0, 0.1) is 6.92 Å². The van der Waals surface area contributed by atoms with Crippen LogP contribution in [0.1, 0.15) is 44.1 Å². The van der Waals surface area contributed by atoms with Crippen molar-refractivity contribution in [2.24, 2.45) is 0 Å². The quantitative estimate of drug-likeness (QED) is 0.813. The number of hydrogen-bond acceptors (Lipinski definition) is 6. The van der Waals surface area contributed by atoms with Crippen molar-refractivity contribution in [3.05, 3.63) is 16.1 Å². The Morgan fingerprint density at radius 2 is 1.78 bits per heavy atom. The highest BCUT2D eigenvalue weighted by molar-refractivity contribution is 7.54. The van der Waals surface area contributed by atoms with Gasteiger partial charge in [0.2, 0.25) is 0 Å². The third-order valence-corrected chi connectivity index (χ3v) is 5.48. The fraction of sp³-hybridized carbons (Fsp3) is 0.727. The number of aliphatic hydroxyl groups is 1. The predicted molar refractivity (Wildman–Crippen MR) is 71.9 cm³/mol. The van der Waals surface area contributed by atoms with Gasteiger partial charge in [-0.25, -0.2) is 4.98 Å². The molecule has 0 aliphatic heterocycles. The summed E-state index contributed by atoms with van der Waals surface area (Å²) in [6, 6.07) is 0. The molecule has 0 aliphatic carbocycles. The molecule has 1 atom stereocenters. The average Bonchev–Trinajstić information content (AvgIpc) is 2.60. The highest BCUT2D eigenvalue weighted by atomic mass is 32.1. The maximum absolute atomic E-state index is 12.7. The number of thiazole rings is 1. The van der Waals surface area contributed by atoms with Gasteiger partial charge in [-0.15, -0.1) is 11.3 Å². The topological polar surface area (TPSA) is 68.7 Å². The Kier molecular flexibility index (Phi) is 5.49. The number of aromatic nitrogens is 1. The SMILES string of the molecule is Cc1ncsc1C(O)P(=O)(OC(C)C)OC(C)C. The van der Waals surface area contributed by atoms with E-state index in [4.69, 9.17) is 9.05 Å². The second kappa shape index (κ2) is 6.26. The van der Waals surface area contributed by atoms with Crippen molar-refractivity contribution in [1.82, 2.24) is 4.98 Å². The molecule has 0 amide bonds. The molecular weight excluding hydrogens is 273 g/mol. The van der Waals surface area contributed by atoms with Crippen molar-refractivity contribution in [3.8, 4) is 0 Å². The summed E-state index contributed by atoms with van der Waals surface area (Å²) >= 11 is 1.25. The van der Waals surface area contributed by atoms with Crippen LogP contribution < -0.4 is 0 Å². The summed E-state index contributed by atoms with van der Waals surface area (Å²) in [5.74, 6) is -1.28. The fourth-order valence-electron chi connectivity index (χ4n) is 1.43. The Morgan fingerprint density at radius 3 is 2.11 bits per heavy atom.